The lowest BCUT2D eigenvalue weighted by molar-refractivity contribution is -0.132. The number of carbonyl (C=O) groups is 2. The third-order valence-electron chi connectivity index (χ3n) is 9.15. The maximum Gasteiger partial charge on any atom is 0.161 e. The summed E-state index contributed by atoms with van der Waals surface area (Å²) in [5.41, 5.74) is 3.38. The summed E-state index contributed by atoms with van der Waals surface area (Å²) in [6.07, 6.45) is 7.19. The van der Waals surface area contributed by atoms with Gasteiger partial charge in [0.2, 0.25) is 0 Å². The summed E-state index contributed by atoms with van der Waals surface area (Å²) < 4.78 is 0. The van der Waals surface area contributed by atoms with Crippen LogP contribution >= 0.6 is 0 Å². The molecule has 0 bridgehead atoms. The van der Waals surface area contributed by atoms with E-state index in [1.54, 1.807) is 6.92 Å². The molecule has 0 aromatic carbocycles. The number of nitrogens with one attached hydrogen (secondary N) is 1. The SMILES string of the molecule is CC(=O)[C@H]1CC[C@H]2[C@@H]3CC(=O)C4=C5NCCN=C5CC[C@]4(C)[C@H]3CC[C@]12C. The minimum absolute atomic E-state index is 0.0195. The second-order valence-electron chi connectivity index (χ2n) is 10.2. The van der Waals surface area contributed by atoms with E-state index in [1.165, 1.54) is 0 Å². The van der Waals surface area contributed by atoms with E-state index in [0.29, 0.717) is 35.7 Å². The molecule has 5 rings (SSSR count). The first-order valence-corrected chi connectivity index (χ1v) is 10.9. The van der Waals surface area contributed by atoms with Gasteiger partial charge in [-0.25, -0.2) is 0 Å². The number of Topliss-reactive ketones (excluding diaryl/α,β-unsaturated/α-hetero) is 2. The molecule has 0 amide bonds. The average molecular weight is 369 g/mol. The third-order valence-corrected chi connectivity index (χ3v) is 9.15. The lowest BCUT2D eigenvalue weighted by Crippen LogP contribution is -2.55. The lowest BCUT2D eigenvalue weighted by atomic mass is 9.46. The predicted octanol–water partition coefficient (Wildman–Crippen LogP) is 3.71. The number of rotatable bonds is 1. The fourth-order valence-electron chi connectivity index (χ4n) is 7.95. The van der Waals surface area contributed by atoms with Crippen molar-refractivity contribution in [3.05, 3.63) is 11.3 Å². The van der Waals surface area contributed by atoms with Crippen LogP contribution < -0.4 is 5.32 Å². The van der Waals surface area contributed by atoms with Crippen molar-refractivity contribution in [3.8, 4) is 0 Å². The summed E-state index contributed by atoms with van der Waals surface area (Å²) in [5, 5.41) is 3.53. The molecule has 6 atom stereocenters. The van der Waals surface area contributed by atoms with Crippen LogP contribution in [0.3, 0.4) is 0 Å². The van der Waals surface area contributed by atoms with Crippen molar-refractivity contribution in [2.75, 3.05) is 13.1 Å². The molecule has 0 spiro atoms. The standard InChI is InChI=1S/C23H32N2O2/c1-13(26)15-4-5-16-14-12-19(27)20-21-18(24-10-11-25-21)7-9-23(20,3)17(14)6-8-22(15,16)2/h14-17,25H,4-12H2,1-3H3/t14-,15+,16-,17-,22+,23+/m0/s1. The molecule has 1 heterocycles. The van der Waals surface area contributed by atoms with E-state index in [-0.39, 0.29) is 16.7 Å². The van der Waals surface area contributed by atoms with E-state index in [4.69, 9.17) is 4.99 Å². The zero-order chi connectivity index (χ0) is 19.0. The summed E-state index contributed by atoms with van der Waals surface area (Å²) in [7, 11) is 0. The molecule has 0 saturated heterocycles. The van der Waals surface area contributed by atoms with Gasteiger partial charge in [-0.1, -0.05) is 13.8 Å². The van der Waals surface area contributed by atoms with Crippen molar-refractivity contribution in [1.29, 1.82) is 0 Å². The first-order chi connectivity index (χ1) is 12.9. The van der Waals surface area contributed by atoms with Crippen molar-refractivity contribution in [1.82, 2.24) is 5.32 Å². The van der Waals surface area contributed by atoms with Crippen LogP contribution in [-0.4, -0.2) is 30.4 Å². The number of aliphatic imine (C=N–C) groups is 1. The van der Waals surface area contributed by atoms with Gasteiger partial charge in [-0.05, 0) is 68.6 Å². The smallest absolute Gasteiger partial charge is 0.161 e. The van der Waals surface area contributed by atoms with E-state index in [2.05, 4.69) is 19.2 Å². The highest BCUT2D eigenvalue weighted by Crippen LogP contribution is 2.66. The number of ketones is 2. The Hall–Kier alpha value is -1.45. The topological polar surface area (TPSA) is 58.5 Å². The molecular formula is C23H32N2O2. The van der Waals surface area contributed by atoms with Crippen LogP contribution in [0.15, 0.2) is 16.3 Å². The van der Waals surface area contributed by atoms with E-state index in [0.717, 1.165) is 68.6 Å². The van der Waals surface area contributed by atoms with Crippen molar-refractivity contribution in [2.24, 2.45) is 39.5 Å². The Balaban J connectivity index is 1.56. The van der Waals surface area contributed by atoms with Gasteiger partial charge in [0, 0.05) is 29.9 Å². The van der Waals surface area contributed by atoms with Gasteiger partial charge in [-0.3, -0.25) is 14.6 Å². The number of hydrogen-bond acceptors (Lipinski definition) is 4. The highest BCUT2D eigenvalue weighted by atomic mass is 16.1. The van der Waals surface area contributed by atoms with E-state index in [9.17, 15) is 9.59 Å². The molecule has 0 unspecified atom stereocenters. The van der Waals surface area contributed by atoms with Crippen LogP contribution in [0.4, 0.5) is 0 Å². The molecule has 0 aromatic heterocycles. The summed E-state index contributed by atoms with van der Waals surface area (Å²) in [6, 6.07) is 0. The molecule has 0 aromatic rings. The Kier molecular flexibility index (Phi) is 3.77. The third kappa shape index (κ3) is 2.25. The molecule has 27 heavy (non-hydrogen) atoms. The zero-order valence-corrected chi connectivity index (χ0v) is 16.9. The summed E-state index contributed by atoms with van der Waals surface area (Å²) >= 11 is 0. The first-order valence-electron chi connectivity index (χ1n) is 10.9. The predicted molar refractivity (Wildman–Crippen MR) is 106 cm³/mol. The van der Waals surface area contributed by atoms with E-state index in [1.807, 2.05) is 0 Å². The van der Waals surface area contributed by atoms with Crippen molar-refractivity contribution < 1.29 is 9.59 Å². The zero-order valence-electron chi connectivity index (χ0n) is 16.9. The molecule has 0 radical (unpaired) electrons. The van der Waals surface area contributed by atoms with Gasteiger partial charge in [0.05, 0.1) is 18.0 Å². The maximum absolute atomic E-state index is 13.4. The van der Waals surface area contributed by atoms with Gasteiger partial charge in [-0.2, -0.15) is 0 Å². The Morgan fingerprint density at radius 2 is 1.96 bits per heavy atom. The molecule has 3 fully saturated rings. The van der Waals surface area contributed by atoms with Crippen LogP contribution in [0, 0.1) is 34.5 Å². The van der Waals surface area contributed by atoms with Crippen LogP contribution in [0.5, 0.6) is 0 Å². The molecule has 4 aliphatic carbocycles. The molecule has 5 aliphatic rings. The molecular weight excluding hydrogens is 336 g/mol. The van der Waals surface area contributed by atoms with Crippen molar-refractivity contribution in [3.63, 3.8) is 0 Å². The fraction of sp³-hybridized carbons (Fsp3) is 0.783. The second-order valence-corrected chi connectivity index (χ2v) is 10.2. The number of nitrogens with zero attached hydrogens (tertiary/aromatic N) is 1. The van der Waals surface area contributed by atoms with Gasteiger partial charge in [0.15, 0.2) is 5.78 Å². The quantitative estimate of drug-likeness (QED) is 0.768. The van der Waals surface area contributed by atoms with Gasteiger partial charge in [0.25, 0.3) is 0 Å². The lowest BCUT2D eigenvalue weighted by Gasteiger charge is -2.58. The molecule has 4 nitrogen and oxygen atoms in total. The van der Waals surface area contributed by atoms with Crippen LogP contribution in [0.1, 0.15) is 65.7 Å². The van der Waals surface area contributed by atoms with Crippen LogP contribution in [0.25, 0.3) is 0 Å². The van der Waals surface area contributed by atoms with Crippen molar-refractivity contribution >= 4 is 17.3 Å². The molecule has 3 saturated carbocycles. The maximum atomic E-state index is 13.4. The number of allylic oxidation sites excluding steroid dienone is 2. The average Bonchev–Trinajstić information content (AvgIpc) is 2.99. The van der Waals surface area contributed by atoms with E-state index >= 15 is 0 Å². The Labute approximate surface area is 162 Å². The normalized spacial score (nSPS) is 45.9. The first kappa shape index (κ1) is 17.6. The molecule has 1 N–H and O–H groups in total. The van der Waals surface area contributed by atoms with Gasteiger partial charge < -0.3 is 5.32 Å². The van der Waals surface area contributed by atoms with Crippen LogP contribution in [0.2, 0.25) is 0 Å². The molecule has 1 aliphatic heterocycles. The monoisotopic (exact) mass is 368 g/mol. The minimum atomic E-state index is -0.0195. The number of hydrogen-bond donors (Lipinski definition) is 1. The summed E-state index contributed by atoms with van der Waals surface area (Å²) in [6.45, 7) is 8.16. The van der Waals surface area contributed by atoms with Gasteiger partial charge in [0.1, 0.15) is 5.78 Å². The largest absolute Gasteiger partial charge is 0.381 e. The summed E-state index contributed by atoms with van der Waals surface area (Å²) in [4.78, 5) is 30.4. The second kappa shape index (κ2) is 5.78. The van der Waals surface area contributed by atoms with Crippen LogP contribution in [-0.2, 0) is 9.59 Å². The highest BCUT2D eigenvalue weighted by molar-refractivity contribution is 6.11. The fourth-order valence-corrected chi connectivity index (χ4v) is 7.95. The van der Waals surface area contributed by atoms with Gasteiger partial charge in [-0.15, -0.1) is 0 Å². The van der Waals surface area contributed by atoms with E-state index < -0.39 is 0 Å². The van der Waals surface area contributed by atoms with Crippen molar-refractivity contribution in [2.45, 2.75) is 65.7 Å². The Bertz CT molecular complexity index is 781. The number of fused-ring (bicyclic) bond motifs is 6. The number of carbonyl (C=O) groups excluding carboxylic acids is 2. The Morgan fingerprint density at radius 1 is 1.15 bits per heavy atom. The van der Waals surface area contributed by atoms with Gasteiger partial charge >= 0.3 is 0 Å². The highest BCUT2D eigenvalue weighted by Gasteiger charge is 2.61. The molecule has 146 valence electrons. The Morgan fingerprint density at radius 3 is 2.74 bits per heavy atom. The summed E-state index contributed by atoms with van der Waals surface area (Å²) in [5.74, 6) is 2.48. The minimum Gasteiger partial charge on any atom is -0.381 e. The molecule has 4 heteroatoms.